The molecule has 0 spiro atoms. The van der Waals surface area contributed by atoms with Gasteiger partial charge in [0.25, 0.3) is 0 Å². The van der Waals surface area contributed by atoms with Gasteiger partial charge in [0.05, 0.1) is 0 Å². The van der Waals surface area contributed by atoms with E-state index in [1.807, 2.05) is 0 Å². The smallest absolute Gasteiger partial charge is 0.251 e. The molecule has 0 unspecified atom stereocenters. The molecule has 0 saturated carbocycles. The highest BCUT2D eigenvalue weighted by Crippen LogP contribution is 2.28. The highest BCUT2D eigenvalue weighted by atomic mass is 32.2. The molecule has 0 radical (unpaired) electrons. The molecule has 0 saturated heterocycles. The molecule has 0 aliphatic carbocycles. The lowest BCUT2D eigenvalue weighted by molar-refractivity contribution is -0.141. The van der Waals surface area contributed by atoms with E-state index in [1.165, 1.54) is 24.0 Å². The molecular weight excluding hydrogens is 223 g/mol. The number of hydrogen-bond acceptors (Lipinski definition) is 2. The molecule has 1 rings (SSSR count). The average Bonchev–Trinajstić information content (AvgIpc) is 2.18. The van der Waals surface area contributed by atoms with Gasteiger partial charge in [0, 0.05) is 11.1 Å². The minimum atomic E-state index is -4.34. The van der Waals surface area contributed by atoms with Crippen molar-refractivity contribution in [3.8, 4) is 0 Å². The van der Waals surface area contributed by atoms with Crippen molar-refractivity contribution in [2.45, 2.75) is 30.8 Å². The molecule has 0 aliphatic rings. The average molecular weight is 235 g/mol. The predicted molar refractivity (Wildman–Crippen MR) is 54.9 cm³/mol. The molecule has 0 N–H and O–H groups in total. The van der Waals surface area contributed by atoms with Gasteiger partial charge in [0.2, 0.25) is 0 Å². The normalized spacial score (nSPS) is 11.7. The van der Waals surface area contributed by atoms with E-state index in [9.17, 15) is 13.2 Å². The van der Waals surface area contributed by atoms with Crippen LogP contribution in [-0.2, 0) is 6.18 Å². The van der Waals surface area contributed by atoms with E-state index >= 15 is 0 Å². The number of nitrogens with zero attached hydrogens (tertiary/aromatic N) is 1. The highest BCUT2D eigenvalue weighted by Gasteiger charge is 2.31. The van der Waals surface area contributed by atoms with E-state index in [2.05, 4.69) is 11.9 Å². The van der Waals surface area contributed by atoms with Crippen LogP contribution in [0.15, 0.2) is 23.2 Å². The fourth-order valence-electron chi connectivity index (χ4n) is 0.968. The third kappa shape index (κ3) is 4.11. The van der Waals surface area contributed by atoms with Crippen LogP contribution in [0.4, 0.5) is 13.2 Å². The van der Waals surface area contributed by atoms with E-state index in [0.717, 1.165) is 29.6 Å². The number of hydrogen-bond donors (Lipinski definition) is 0. The first-order valence-corrected chi connectivity index (χ1v) is 5.68. The molecule has 1 aromatic heterocycles. The molecule has 0 fully saturated rings. The van der Waals surface area contributed by atoms with Gasteiger partial charge in [-0.15, -0.1) is 11.8 Å². The van der Waals surface area contributed by atoms with Gasteiger partial charge in [-0.05, 0) is 24.3 Å². The first kappa shape index (κ1) is 12.4. The Hall–Kier alpha value is -0.710. The Kier molecular flexibility index (Phi) is 4.45. The third-order valence-electron chi connectivity index (χ3n) is 1.79. The quantitative estimate of drug-likeness (QED) is 0.578. The van der Waals surface area contributed by atoms with E-state index in [1.54, 1.807) is 0 Å². The summed E-state index contributed by atoms with van der Waals surface area (Å²) < 4.78 is 36.5. The van der Waals surface area contributed by atoms with Crippen LogP contribution in [0, 0.1) is 0 Å². The van der Waals surface area contributed by atoms with Crippen molar-refractivity contribution in [3.05, 3.63) is 24.0 Å². The monoisotopic (exact) mass is 235 g/mol. The van der Waals surface area contributed by atoms with E-state index in [4.69, 9.17) is 0 Å². The zero-order valence-corrected chi connectivity index (χ0v) is 9.16. The topological polar surface area (TPSA) is 12.9 Å². The van der Waals surface area contributed by atoms with Crippen molar-refractivity contribution >= 4 is 11.8 Å². The van der Waals surface area contributed by atoms with Crippen molar-refractivity contribution in [2.75, 3.05) is 5.75 Å². The maximum Gasteiger partial charge on any atom is 0.433 e. The Labute approximate surface area is 91.1 Å². The van der Waals surface area contributed by atoms with Gasteiger partial charge < -0.3 is 0 Å². The molecule has 1 aromatic rings. The van der Waals surface area contributed by atoms with Crippen molar-refractivity contribution in [1.82, 2.24) is 4.98 Å². The van der Waals surface area contributed by atoms with Crippen LogP contribution in [0.25, 0.3) is 0 Å². The lowest BCUT2D eigenvalue weighted by atomic mass is 10.3. The van der Waals surface area contributed by atoms with E-state index in [0.29, 0.717) is 0 Å². The van der Waals surface area contributed by atoms with Crippen LogP contribution in [-0.4, -0.2) is 10.7 Å². The van der Waals surface area contributed by atoms with Gasteiger partial charge >= 0.3 is 6.18 Å². The van der Waals surface area contributed by atoms with Gasteiger partial charge in [-0.25, -0.2) is 0 Å². The lowest BCUT2D eigenvalue weighted by Gasteiger charge is -2.05. The molecule has 0 atom stereocenters. The van der Waals surface area contributed by atoms with Crippen LogP contribution < -0.4 is 0 Å². The summed E-state index contributed by atoms with van der Waals surface area (Å²) in [6, 6.07) is 2.49. The van der Waals surface area contributed by atoms with Crippen LogP contribution in [0.2, 0.25) is 0 Å². The van der Waals surface area contributed by atoms with Gasteiger partial charge in [-0.1, -0.05) is 13.3 Å². The molecule has 15 heavy (non-hydrogen) atoms. The first-order valence-electron chi connectivity index (χ1n) is 4.70. The number of unbranched alkanes of at least 4 members (excludes halogenated alkanes) is 1. The summed E-state index contributed by atoms with van der Waals surface area (Å²) in [5.74, 6) is 0.920. The fraction of sp³-hybridized carbons (Fsp3) is 0.500. The Bertz CT molecular complexity index is 295. The fourth-order valence-corrected chi connectivity index (χ4v) is 1.93. The largest absolute Gasteiger partial charge is 0.433 e. The maximum atomic E-state index is 12.2. The van der Waals surface area contributed by atoms with Crippen molar-refractivity contribution in [1.29, 1.82) is 0 Å². The maximum absolute atomic E-state index is 12.2. The van der Waals surface area contributed by atoms with Crippen molar-refractivity contribution in [3.63, 3.8) is 0 Å². The summed E-state index contributed by atoms with van der Waals surface area (Å²) in [5, 5.41) is 0. The van der Waals surface area contributed by atoms with Gasteiger partial charge in [-0.3, -0.25) is 4.98 Å². The molecule has 5 heteroatoms. The number of rotatable bonds is 4. The number of halogens is 3. The van der Waals surface area contributed by atoms with Crippen LogP contribution in [0.5, 0.6) is 0 Å². The van der Waals surface area contributed by atoms with Crippen molar-refractivity contribution < 1.29 is 13.2 Å². The summed E-state index contributed by atoms with van der Waals surface area (Å²) in [6.07, 6.45) is -0.914. The Morgan fingerprint density at radius 2 is 2.07 bits per heavy atom. The van der Waals surface area contributed by atoms with Gasteiger partial charge in [0.15, 0.2) is 0 Å². The molecular formula is C10H12F3NS. The minimum Gasteiger partial charge on any atom is -0.251 e. The Balaban J connectivity index is 2.57. The second-order valence-corrected chi connectivity index (χ2v) is 4.25. The highest BCUT2D eigenvalue weighted by molar-refractivity contribution is 7.99. The Morgan fingerprint density at radius 1 is 1.33 bits per heavy atom. The van der Waals surface area contributed by atoms with E-state index < -0.39 is 11.9 Å². The summed E-state index contributed by atoms with van der Waals surface area (Å²) >= 11 is 1.53. The molecule has 0 amide bonds. The van der Waals surface area contributed by atoms with Crippen LogP contribution in [0.3, 0.4) is 0 Å². The summed E-state index contributed by atoms with van der Waals surface area (Å²) in [7, 11) is 0. The lowest BCUT2D eigenvalue weighted by Crippen LogP contribution is -2.07. The molecule has 1 heterocycles. The second kappa shape index (κ2) is 5.39. The Morgan fingerprint density at radius 3 is 2.53 bits per heavy atom. The number of pyridine rings is 1. The SMILES string of the molecule is CCCCSc1ccc(C(F)(F)F)nc1. The van der Waals surface area contributed by atoms with Crippen LogP contribution in [0.1, 0.15) is 25.5 Å². The number of thioether (sulfide) groups is 1. The zero-order chi connectivity index (χ0) is 11.3. The van der Waals surface area contributed by atoms with E-state index in [-0.39, 0.29) is 0 Å². The minimum absolute atomic E-state index is 0.788. The molecule has 0 bridgehead atoms. The second-order valence-electron chi connectivity index (χ2n) is 3.08. The van der Waals surface area contributed by atoms with Gasteiger partial charge in [0.1, 0.15) is 5.69 Å². The molecule has 84 valence electrons. The summed E-state index contributed by atoms with van der Waals surface area (Å²) in [4.78, 5) is 4.17. The predicted octanol–water partition coefficient (Wildman–Crippen LogP) is 3.99. The third-order valence-corrected chi connectivity index (χ3v) is 2.86. The van der Waals surface area contributed by atoms with Crippen molar-refractivity contribution in [2.24, 2.45) is 0 Å². The zero-order valence-electron chi connectivity index (χ0n) is 8.34. The first-order chi connectivity index (χ1) is 7.04. The molecule has 0 aromatic carbocycles. The summed E-state index contributed by atoms with van der Waals surface area (Å²) in [6.45, 7) is 2.07. The van der Waals surface area contributed by atoms with Crippen LogP contribution >= 0.6 is 11.8 Å². The number of alkyl halides is 3. The number of aromatic nitrogens is 1. The molecule has 0 aliphatic heterocycles. The molecule has 1 nitrogen and oxygen atoms in total. The summed E-state index contributed by atoms with van der Waals surface area (Å²) in [5.41, 5.74) is -0.831. The standard InChI is InChI=1S/C10H12F3NS/c1-2-3-6-15-8-4-5-9(14-7-8)10(11,12)13/h4-5,7H,2-3,6H2,1H3. The van der Waals surface area contributed by atoms with Gasteiger partial charge in [-0.2, -0.15) is 13.2 Å².